The predicted octanol–water partition coefficient (Wildman–Crippen LogP) is 3.72. The number of allylic oxidation sites excluding steroid dienone is 2. The summed E-state index contributed by atoms with van der Waals surface area (Å²) in [5.74, 6) is 0.568. The van der Waals surface area contributed by atoms with Gasteiger partial charge >= 0.3 is 0 Å². The van der Waals surface area contributed by atoms with Crippen LogP contribution in [0, 0.1) is 4.77 Å². The van der Waals surface area contributed by atoms with Crippen molar-refractivity contribution in [2.75, 3.05) is 13.1 Å². The van der Waals surface area contributed by atoms with E-state index in [0.717, 1.165) is 30.8 Å². The second-order valence-electron chi connectivity index (χ2n) is 6.26. The topological polar surface area (TPSA) is 24.0 Å². The average molecular weight is 289 g/mol. The van der Waals surface area contributed by atoms with E-state index in [1.165, 1.54) is 17.0 Å². The van der Waals surface area contributed by atoms with Crippen LogP contribution in [0.4, 0.5) is 0 Å². The van der Waals surface area contributed by atoms with Crippen LogP contribution in [0.3, 0.4) is 0 Å². The minimum atomic E-state index is 0.516. The van der Waals surface area contributed by atoms with Crippen LogP contribution in [0.5, 0.6) is 0 Å². The van der Waals surface area contributed by atoms with Crippen molar-refractivity contribution in [3.63, 3.8) is 0 Å². The van der Waals surface area contributed by atoms with E-state index in [-0.39, 0.29) is 0 Å². The van der Waals surface area contributed by atoms with E-state index in [9.17, 15) is 0 Å². The summed E-state index contributed by atoms with van der Waals surface area (Å²) in [7, 11) is 0. The zero-order chi connectivity index (χ0) is 14.3. The molecule has 0 saturated carbocycles. The van der Waals surface area contributed by atoms with Crippen molar-refractivity contribution < 1.29 is 0 Å². The molecule has 20 heavy (non-hydrogen) atoms. The standard InChI is InChI=1S/C16H23N3S/c1-11(2)7-8-18-10-13-5-4-6-14-15(13)19(9-12(18)3)16(20)17-14/h4,6-7,12-13H,5,8-10H2,1-3H3,(H,17,20). The third kappa shape index (κ3) is 2.42. The van der Waals surface area contributed by atoms with Gasteiger partial charge in [-0.2, -0.15) is 0 Å². The van der Waals surface area contributed by atoms with E-state index in [1.54, 1.807) is 0 Å². The van der Waals surface area contributed by atoms with Crippen molar-refractivity contribution in [3.05, 3.63) is 33.9 Å². The lowest BCUT2D eigenvalue weighted by atomic mass is 9.94. The lowest BCUT2D eigenvalue weighted by Gasteiger charge is -2.28. The Morgan fingerprint density at radius 2 is 2.25 bits per heavy atom. The molecule has 3 nitrogen and oxygen atoms in total. The van der Waals surface area contributed by atoms with Gasteiger partial charge in [-0.25, -0.2) is 0 Å². The van der Waals surface area contributed by atoms with Gasteiger partial charge in [-0.15, -0.1) is 0 Å². The van der Waals surface area contributed by atoms with Crippen LogP contribution >= 0.6 is 12.2 Å². The van der Waals surface area contributed by atoms with E-state index in [2.05, 4.69) is 53.5 Å². The molecule has 1 aliphatic heterocycles. The molecule has 3 rings (SSSR count). The van der Waals surface area contributed by atoms with Crippen molar-refractivity contribution in [3.8, 4) is 0 Å². The maximum Gasteiger partial charge on any atom is 0.177 e. The van der Waals surface area contributed by atoms with Crippen molar-refractivity contribution in [2.24, 2.45) is 0 Å². The first-order valence-corrected chi connectivity index (χ1v) is 7.83. The molecule has 0 bridgehead atoms. The Labute approximate surface area is 126 Å². The first kappa shape index (κ1) is 13.8. The molecule has 0 saturated heterocycles. The number of imidazole rings is 1. The van der Waals surface area contributed by atoms with E-state index >= 15 is 0 Å². The van der Waals surface area contributed by atoms with Gasteiger partial charge in [-0.3, -0.25) is 4.90 Å². The summed E-state index contributed by atoms with van der Waals surface area (Å²) in [4.78, 5) is 5.95. The molecule has 4 heteroatoms. The fourth-order valence-corrected chi connectivity index (χ4v) is 3.55. The largest absolute Gasteiger partial charge is 0.331 e. The molecule has 2 unspecified atom stereocenters. The molecule has 0 radical (unpaired) electrons. The molecule has 1 aromatic rings. The van der Waals surface area contributed by atoms with Gasteiger partial charge in [0.1, 0.15) is 0 Å². The quantitative estimate of drug-likeness (QED) is 0.663. The van der Waals surface area contributed by atoms with Gasteiger partial charge in [0, 0.05) is 37.3 Å². The zero-order valence-electron chi connectivity index (χ0n) is 12.5. The SMILES string of the molecule is CC(C)=CCN1CC2CC=Cc3[nH]c(=S)n(c32)CC1C. The Morgan fingerprint density at radius 3 is 3.00 bits per heavy atom. The molecule has 2 heterocycles. The molecular weight excluding hydrogens is 266 g/mol. The van der Waals surface area contributed by atoms with E-state index in [4.69, 9.17) is 12.2 Å². The Balaban J connectivity index is 1.94. The molecule has 0 aromatic carbocycles. The van der Waals surface area contributed by atoms with E-state index in [0.29, 0.717) is 12.0 Å². The van der Waals surface area contributed by atoms with Crippen molar-refractivity contribution in [1.29, 1.82) is 0 Å². The highest BCUT2D eigenvalue weighted by molar-refractivity contribution is 7.71. The lowest BCUT2D eigenvalue weighted by molar-refractivity contribution is 0.214. The molecule has 0 amide bonds. The molecule has 108 valence electrons. The molecule has 0 spiro atoms. The van der Waals surface area contributed by atoms with Crippen molar-refractivity contribution in [1.82, 2.24) is 14.5 Å². The molecule has 2 atom stereocenters. The summed E-state index contributed by atoms with van der Waals surface area (Å²) < 4.78 is 3.20. The second kappa shape index (κ2) is 5.34. The van der Waals surface area contributed by atoms with Gasteiger partial charge in [0.2, 0.25) is 0 Å². The molecule has 1 N–H and O–H groups in total. The van der Waals surface area contributed by atoms with Gasteiger partial charge < -0.3 is 9.55 Å². The number of aromatic nitrogens is 2. The van der Waals surface area contributed by atoms with Crippen LogP contribution in [0.25, 0.3) is 6.08 Å². The van der Waals surface area contributed by atoms with Gasteiger partial charge in [-0.05, 0) is 45.5 Å². The molecule has 2 aliphatic rings. The van der Waals surface area contributed by atoms with Crippen LogP contribution in [0.2, 0.25) is 0 Å². The summed E-state index contributed by atoms with van der Waals surface area (Å²) in [6, 6.07) is 0.516. The van der Waals surface area contributed by atoms with Crippen LogP contribution < -0.4 is 0 Å². The van der Waals surface area contributed by atoms with E-state index in [1.807, 2.05) is 0 Å². The van der Waals surface area contributed by atoms with Crippen molar-refractivity contribution in [2.45, 2.75) is 45.7 Å². The molecule has 0 fully saturated rings. The number of rotatable bonds is 2. The van der Waals surface area contributed by atoms with Gasteiger partial charge in [0.05, 0.1) is 5.69 Å². The number of hydrogen-bond acceptors (Lipinski definition) is 2. The van der Waals surface area contributed by atoms with Gasteiger partial charge in [0.25, 0.3) is 0 Å². The van der Waals surface area contributed by atoms with Gasteiger partial charge in [0.15, 0.2) is 4.77 Å². The maximum atomic E-state index is 5.51. The average Bonchev–Trinajstić information content (AvgIpc) is 2.62. The highest BCUT2D eigenvalue weighted by atomic mass is 32.1. The first-order valence-electron chi connectivity index (χ1n) is 7.43. The number of H-pyrrole nitrogens is 1. The van der Waals surface area contributed by atoms with Gasteiger partial charge in [-0.1, -0.05) is 17.7 Å². The highest BCUT2D eigenvalue weighted by Gasteiger charge is 2.30. The molecule has 1 aromatic heterocycles. The fourth-order valence-electron chi connectivity index (χ4n) is 3.27. The summed E-state index contributed by atoms with van der Waals surface area (Å²) in [6.07, 6.45) is 7.92. The number of hydrogen-bond donors (Lipinski definition) is 1. The zero-order valence-corrected chi connectivity index (χ0v) is 13.3. The molecule has 1 aliphatic carbocycles. The summed E-state index contributed by atoms with van der Waals surface area (Å²) in [5.41, 5.74) is 4.04. The Kier molecular flexibility index (Phi) is 3.69. The minimum absolute atomic E-state index is 0.516. The number of aromatic amines is 1. The number of nitrogens with zero attached hydrogens (tertiary/aromatic N) is 2. The smallest absolute Gasteiger partial charge is 0.177 e. The highest BCUT2D eigenvalue weighted by Crippen LogP contribution is 2.33. The molecular formula is C16H23N3S. The summed E-state index contributed by atoms with van der Waals surface area (Å²) in [6.45, 7) is 9.80. The van der Waals surface area contributed by atoms with Crippen molar-refractivity contribution >= 4 is 18.3 Å². The van der Waals surface area contributed by atoms with Crippen LogP contribution in [-0.4, -0.2) is 33.6 Å². The summed E-state index contributed by atoms with van der Waals surface area (Å²) in [5, 5.41) is 0. The van der Waals surface area contributed by atoms with Crippen LogP contribution in [-0.2, 0) is 6.54 Å². The Bertz CT molecular complexity index is 616. The third-order valence-electron chi connectivity index (χ3n) is 4.40. The monoisotopic (exact) mass is 289 g/mol. The fraction of sp³-hybridized carbons (Fsp3) is 0.562. The second-order valence-corrected chi connectivity index (χ2v) is 6.65. The lowest BCUT2D eigenvalue weighted by Crippen LogP contribution is -2.36. The predicted molar refractivity (Wildman–Crippen MR) is 86.5 cm³/mol. The Morgan fingerprint density at radius 1 is 1.45 bits per heavy atom. The third-order valence-corrected chi connectivity index (χ3v) is 4.73. The van der Waals surface area contributed by atoms with E-state index < -0.39 is 0 Å². The number of nitrogens with one attached hydrogen (secondary N) is 1. The Hall–Kier alpha value is -1.13. The normalized spacial score (nSPS) is 25.1. The first-order chi connectivity index (χ1) is 9.56. The summed E-state index contributed by atoms with van der Waals surface area (Å²) >= 11 is 5.51. The minimum Gasteiger partial charge on any atom is -0.331 e. The van der Waals surface area contributed by atoms with Crippen LogP contribution in [0.15, 0.2) is 17.7 Å². The maximum absolute atomic E-state index is 5.51. The van der Waals surface area contributed by atoms with Crippen LogP contribution in [0.1, 0.15) is 44.5 Å².